The van der Waals surface area contributed by atoms with Gasteiger partial charge in [-0.15, -0.1) is 0 Å². The lowest BCUT2D eigenvalue weighted by Gasteiger charge is -2.34. The van der Waals surface area contributed by atoms with Crippen molar-refractivity contribution in [1.29, 1.82) is 0 Å². The normalized spacial score (nSPS) is 17.6. The van der Waals surface area contributed by atoms with Crippen LogP contribution in [0, 0.1) is 0 Å². The first-order valence-electron chi connectivity index (χ1n) is 30.7. The van der Waals surface area contributed by atoms with Crippen molar-refractivity contribution in [2.45, 2.75) is 47.8 Å². The molecule has 5 aliphatic carbocycles. The molecule has 404 valence electrons. The molecule has 1 fully saturated rings. The molecule has 86 heavy (non-hydrogen) atoms. The van der Waals surface area contributed by atoms with Gasteiger partial charge in [-0.1, -0.05) is 299 Å². The number of fused-ring (bicyclic) bond motifs is 16. The molecule has 13 aromatic rings. The Balaban J connectivity index is 0.909. The Bertz CT molecular complexity index is 4830. The third kappa shape index (κ3) is 6.59. The van der Waals surface area contributed by atoms with Crippen molar-refractivity contribution >= 4 is 0 Å². The SMILES string of the molecule is CC1(C)c2ccccc2-c2ccc(-c3ccc(C4(c5cc(-c6ccccc6)cc6c5-c5ccc(-c7ccccc7)cc5C65c6ccccc6-c6ccccc65)CC4c4ccc5c(c4)C(c4ccccc4)(c4ccccc4)c4ccccc4-5)cc3)cc21. The Hall–Kier alpha value is -10.1. The second-order valence-corrected chi connectivity index (χ2v) is 25.3. The van der Waals surface area contributed by atoms with Crippen LogP contribution in [0.25, 0.3) is 77.9 Å². The third-order valence-electron chi connectivity index (χ3n) is 21.0. The molecule has 0 heterocycles. The highest BCUT2D eigenvalue weighted by Crippen LogP contribution is 2.71. The molecule has 0 aliphatic heterocycles. The maximum Gasteiger partial charge on any atom is 0.0726 e. The molecule has 0 N–H and O–H groups in total. The van der Waals surface area contributed by atoms with E-state index in [0.717, 1.165) is 6.42 Å². The number of rotatable bonds is 8. The van der Waals surface area contributed by atoms with Gasteiger partial charge in [-0.3, -0.25) is 0 Å². The third-order valence-corrected chi connectivity index (χ3v) is 21.0. The molecule has 0 heteroatoms. The van der Waals surface area contributed by atoms with Gasteiger partial charge in [0.2, 0.25) is 0 Å². The van der Waals surface area contributed by atoms with E-state index < -0.39 is 16.2 Å². The van der Waals surface area contributed by atoms with Crippen molar-refractivity contribution in [2.24, 2.45) is 0 Å². The summed E-state index contributed by atoms with van der Waals surface area (Å²) in [7, 11) is 0. The van der Waals surface area contributed by atoms with E-state index in [0.29, 0.717) is 0 Å². The monoisotopic (exact) mass is 1090 g/mol. The Labute approximate surface area is 504 Å². The summed E-state index contributed by atoms with van der Waals surface area (Å²) in [6, 6.07) is 119. The Morgan fingerprint density at radius 1 is 0.244 bits per heavy atom. The van der Waals surface area contributed by atoms with Crippen molar-refractivity contribution < 1.29 is 0 Å². The standard InChI is InChI=1S/C86H60/c1-83(2)72-35-19-15-31-65(72)69-46-41-58(49-76(69)83)57-39-44-62(45-40-57)84(54-81(84)60-43-47-70-68-34-16-20-36-73(68)85(77(70)51-60,63-27-11-5-12-28-63)64-29-13-6-14-30-64)79-52-61(56-25-9-4-10-26-56)53-80-82(79)71-48-42-59(55-23-7-3-8-24-55)50-78(71)86(80)74-37-21-17-32-66(74)67-33-18-22-38-75(67)86/h3-53,81H,54H2,1-2H3. The van der Waals surface area contributed by atoms with Crippen LogP contribution in [0.1, 0.15) is 98.5 Å². The molecule has 0 saturated heterocycles. The predicted molar refractivity (Wildman–Crippen MR) is 355 cm³/mol. The maximum atomic E-state index is 2.65. The topological polar surface area (TPSA) is 0 Å². The Morgan fingerprint density at radius 3 is 1.21 bits per heavy atom. The predicted octanol–water partition coefficient (Wildman–Crippen LogP) is 21.2. The minimum Gasteiger partial charge on any atom is -0.0622 e. The lowest BCUT2D eigenvalue weighted by molar-refractivity contribution is 0.660. The molecule has 2 atom stereocenters. The molecule has 5 aliphatic rings. The maximum absolute atomic E-state index is 2.65. The molecule has 0 amide bonds. The van der Waals surface area contributed by atoms with Gasteiger partial charge in [0.05, 0.1) is 10.8 Å². The molecule has 18 rings (SSSR count). The largest absolute Gasteiger partial charge is 0.0726 e. The summed E-state index contributed by atoms with van der Waals surface area (Å²) in [5.41, 5.74) is 34.0. The summed E-state index contributed by atoms with van der Waals surface area (Å²) in [5.74, 6) is 0.146. The van der Waals surface area contributed by atoms with Gasteiger partial charge in [-0.2, -0.15) is 0 Å². The van der Waals surface area contributed by atoms with Gasteiger partial charge in [0.15, 0.2) is 0 Å². The lowest BCUT2D eigenvalue weighted by Crippen LogP contribution is -2.28. The molecule has 0 aromatic heterocycles. The highest BCUT2D eigenvalue weighted by Gasteiger charge is 2.61. The first-order chi connectivity index (χ1) is 42.4. The minimum absolute atomic E-state index is 0.0942. The van der Waals surface area contributed by atoms with Gasteiger partial charge in [-0.25, -0.2) is 0 Å². The van der Waals surface area contributed by atoms with Gasteiger partial charge in [-0.05, 0) is 187 Å². The molecular weight excluding hydrogens is 1030 g/mol. The van der Waals surface area contributed by atoms with Crippen molar-refractivity contribution in [3.05, 3.63) is 382 Å². The summed E-state index contributed by atoms with van der Waals surface area (Å²) >= 11 is 0. The molecule has 1 spiro atoms. The smallest absolute Gasteiger partial charge is 0.0622 e. The average Bonchev–Trinajstić information content (AvgIpc) is 1.51. The number of hydrogen-bond donors (Lipinski definition) is 0. The van der Waals surface area contributed by atoms with Crippen LogP contribution in [-0.4, -0.2) is 0 Å². The van der Waals surface area contributed by atoms with Crippen LogP contribution in [0.3, 0.4) is 0 Å². The second kappa shape index (κ2) is 18.2. The van der Waals surface area contributed by atoms with Crippen molar-refractivity contribution in [1.82, 2.24) is 0 Å². The van der Waals surface area contributed by atoms with E-state index in [1.54, 1.807) is 0 Å². The molecule has 1 saturated carbocycles. The summed E-state index contributed by atoms with van der Waals surface area (Å²) in [6.07, 6.45) is 0.954. The Kier molecular flexibility index (Phi) is 10.4. The van der Waals surface area contributed by atoms with Gasteiger partial charge in [0.1, 0.15) is 0 Å². The molecular formula is C86H60. The summed E-state index contributed by atoms with van der Waals surface area (Å²) in [6.45, 7) is 4.77. The van der Waals surface area contributed by atoms with Crippen molar-refractivity contribution in [3.63, 3.8) is 0 Å². The number of benzene rings is 13. The lowest BCUT2D eigenvalue weighted by atomic mass is 9.67. The van der Waals surface area contributed by atoms with Crippen LogP contribution >= 0.6 is 0 Å². The van der Waals surface area contributed by atoms with Gasteiger partial charge >= 0.3 is 0 Å². The molecule has 0 bridgehead atoms. The summed E-state index contributed by atoms with van der Waals surface area (Å²) in [4.78, 5) is 0. The van der Waals surface area contributed by atoms with E-state index in [-0.39, 0.29) is 11.3 Å². The van der Waals surface area contributed by atoms with E-state index in [2.05, 4.69) is 323 Å². The molecule has 13 aromatic carbocycles. The Morgan fingerprint density at radius 2 is 0.628 bits per heavy atom. The van der Waals surface area contributed by atoms with E-state index in [4.69, 9.17) is 0 Å². The zero-order valence-electron chi connectivity index (χ0n) is 48.2. The zero-order valence-corrected chi connectivity index (χ0v) is 48.2. The first kappa shape index (κ1) is 49.3. The van der Waals surface area contributed by atoms with Crippen LogP contribution < -0.4 is 0 Å². The van der Waals surface area contributed by atoms with E-state index in [1.807, 2.05) is 0 Å². The fourth-order valence-corrected chi connectivity index (χ4v) is 17.2. The fraction of sp³-hybridized carbons (Fsp3) is 0.0930. The van der Waals surface area contributed by atoms with Gasteiger partial charge in [0, 0.05) is 10.8 Å². The second-order valence-electron chi connectivity index (χ2n) is 25.3. The average molecular weight is 1090 g/mol. The van der Waals surface area contributed by atoms with Crippen LogP contribution in [0.5, 0.6) is 0 Å². The van der Waals surface area contributed by atoms with Crippen LogP contribution in [0.15, 0.2) is 309 Å². The van der Waals surface area contributed by atoms with Crippen LogP contribution in [0.2, 0.25) is 0 Å². The quantitative estimate of drug-likeness (QED) is 0.142. The van der Waals surface area contributed by atoms with E-state index >= 15 is 0 Å². The highest BCUT2D eigenvalue weighted by atomic mass is 14.6. The molecule has 0 nitrogen and oxygen atoms in total. The highest BCUT2D eigenvalue weighted by molar-refractivity contribution is 5.99. The zero-order chi connectivity index (χ0) is 56.9. The van der Waals surface area contributed by atoms with Crippen LogP contribution in [0.4, 0.5) is 0 Å². The first-order valence-corrected chi connectivity index (χ1v) is 30.7. The molecule has 0 radical (unpaired) electrons. The van der Waals surface area contributed by atoms with Crippen LogP contribution in [-0.2, 0) is 21.7 Å². The number of hydrogen-bond acceptors (Lipinski definition) is 0. The minimum atomic E-state index is -0.580. The van der Waals surface area contributed by atoms with Crippen molar-refractivity contribution in [3.8, 4) is 77.9 Å². The van der Waals surface area contributed by atoms with Crippen molar-refractivity contribution in [2.75, 3.05) is 0 Å². The summed E-state index contributed by atoms with van der Waals surface area (Å²) in [5, 5.41) is 0. The molecule has 2 unspecified atom stereocenters. The fourth-order valence-electron chi connectivity index (χ4n) is 17.2. The van der Waals surface area contributed by atoms with E-state index in [1.165, 1.54) is 150 Å². The van der Waals surface area contributed by atoms with Gasteiger partial charge < -0.3 is 0 Å². The summed E-state index contributed by atoms with van der Waals surface area (Å²) < 4.78 is 0. The van der Waals surface area contributed by atoms with Gasteiger partial charge in [0.25, 0.3) is 0 Å². The van der Waals surface area contributed by atoms with E-state index in [9.17, 15) is 0 Å².